The summed E-state index contributed by atoms with van der Waals surface area (Å²) in [6.45, 7) is 4.79. The number of hydrogen-bond donors (Lipinski definition) is 0. The first-order valence-electron chi connectivity index (χ1n) is 19.5. The van der Waals surface area contributed by atoms with Gasteiger partial charge in [0.1, 0.15) is 0 Å². The summed E-state index contributed by atoms with van der Waals surface area (Å²) in [4.78, 5) is 2.52. The minimum atomic E-state index is -0.200. The Labute approximate surface area is 329 Å². The molecule has 9 aromatic rings. The molecular formula is C55H41N. The summed E-state index contributed by atoms with van der Waals surface area (Å²) in [6.07, 6.45) is 0. The van der Waals surface area contributed by atoms with Crippen LogP contribution in [0.5, 0.6) is 0 Å². The van der Waals surface area contributed by atoms with Gasteiger partial charge in [-0.15, -0.1) is 0 Å². The molecule has 0 heterocycles. The Morgan fingerprint density at radius 1 is 0.321 bits per heavy atom. The molecule has 56 heavy (non-hydrogen) atoms. The van der Waals surface area contributed by atoms with Crippen molar-refractivity contribution >= 4 is 27.8 Å². The van der Waals surface area contributed by atoms with Gasteiger partial charge in [-0.1, -0.05) is 202 Å². The number of hydrogen-bond acceptors (Lipinski definition) is 1. The van der Waals surface area contributed by atoms with E-state index in [1.165, 1.54) is 83.2 Å². The Hall–Kier alpha value is -6.96. The van der Waals surface area contributed by atoms with Crippen molar-refractivity contribution in [2.24, 2.45) is 0 Å². The maximum absolute atomic E-state index is 2.52. The lowest BCUT2D eigenvalue weighted by molar-refractivity contribution is 0.666. The van der Waals surface area contributed by atoms with E-state index in [1.807, 2.05) is 0 Å². The molecule has 0 amide bonds. The molecule has 0 bridgehead atoms. The number of fused-ring (bicyclic) bond motifs is 5. The van der Waals surface area contributed by atoms with Crippen LogP contribution in [0.2, 0.25) is 0 Å². The van der Waals surface area contributed by atoms with Crippen molar-refractivity contribution in [2.75, 3.05) is 4.90 Å². The van der Waals surface area contributed by atoms with E-state index in [2.05, 4.69) is 231 Å². The summed E-state index contributed by atoms with van der Waals surface area (Å²) in [6, 6.07) is 77.5. The van der Waals surface area contributed by atoms with Crippen LogP contribution in [0.1, 0.15) is 25.0 Å². The number of nitrogens with zero attached hydrogens (tertiary/aromatic N) is 1. The molecule has 1 nitrogen and oxygen atoms in total. The molecule has 0 aliphatic heterocycles. The van der Waals surface area contributed by atoms with E-state index in [9.17, 15) is 0 Å². The first kappa shape index (κ1) is 33.6. The SMILES string of the molecule is CC1(C)c2ccccc2-c2c(N(c3ccc(-c4ccccc4)cc3)c3ccc(-c4ccc(-c5ccccc5)cc4)cc3)c(-c3ccccc3)c3ccccc3c21. The van der Waals surface area contributed by atoms with Crippen LogP contribution in [0.3, 0.4) is 0 Å². The third-order valence-electron chi connectivity index (χ3n) is 11.7. The number of rotatable bonds is 7. The van der Waals surface area contributed by atoms with Gasteiger partial charge in [-0.25, -0.2) is 0 Å². The molecule has 0 spiro atoms. The van der Waals surface area contributed by atoms with Crippen molar-refractivity contribution in [2.45, 2.75) is 19.3 Å². The molecule has 0 fully saturated rings. The Kier molecular flexibility index (Phi) is 8.23. The second-order valence-corrected chi connectivity index (χ2v) is 15.3. The minimum Gasteiger partial charge on any atom is -0.309 e. The van der Waals surface area contributed by atoms with Gasteiger partial charge < -0.3 is 4.90 Å². The van der Waals surface area contributed by atoms with Gasteiger partial charge in [-0.3, -0.25) is 0 Å². The molecule has 0 saturated heterocycles. The highest BCUT2D eigenvalue weighted by Crippen LogP contribution is 2.60. The fourth-order valence-corrected chi connectivity index (χ4v) is 8.97. The lowest BCUT2D eigenvalue weighted by Crippen LogP contribution is -2.17. The van der Waals surface area contributed by atoms with Crippen LogP contribution in [0, 0.1) is 0 Å². The van der Waals surface area contributed by atoms with Crippen LogP contribution in [0.25, 0.3) is 66.4 Å². The summed E-state index contributed by atoms with van der Waals surface area (Å²) < 4.78 is 0. The van der Waals surface area contributed by atoms with E-state index in [4.69, 9.17) is 0 Å². The fraction of sp³-hybridized carbons (Fsp3) is 0.0545. The molecular weight excluding hydrogens is 675 g/mol. The molecule has 0 radical (unpaired) electrons. The zero-order valence-electron chi connectivity index (χ0n) is 31.7. The van der Waals surface area contributed by atoms with Gasteiger partial charge in [-0.2, -0.15) is 0 Å². The van der Waals surface area contributed by atoms with Gasteiger partial charge in [0.05, 0.1) is 5.69 Å². The Morgan fingerprint density at radius 3 is 1.20 bits per heavy atom. The van der Waals surface area contributed by atoms with E-state index in [1.54, 1.807) is 0 Å². The van der Waals surface area contributed by atoms with Crippen LogP contribution in [0.4, 0.5) is 17.1 Å². The highest BCUT2D eigenvalue weighted by Gasteiger charge is 2.41. The minimum absolute atomic E-state index is 0.200. The summed E-state index contributed by atoms with van der Waals surface area (Å²) >= 11 is 0. The topological polar surface area (TPSA) is 3.24 Å². The average molecular weight is 716 g/mol. The van der Waals surface area contributed by atoms with Gasteiger partial charge in [0.2, 0.25) is 0 Å². The van der Waals surface area contributed by atoms with Gasteiger partial charge in [-0.05, 0) is 90.7 Å². The zero-order valence-corrected chi connectivity index (χ0v) is 31.7. The summed E-state index contributed by atoms with van der Waals surface area (Å²) in [7, 11) is 0. The second kappa shape index (κ2) is 13.7. The molecule has 0 N–H and O–H groups in total. The standard InChI is InChI=1S/C55H41N/c1-55(2)50-25-15-14-24-49(50)52-53(55)48-23-13-12-22-47(48)51(44-20-10-5-11-21-44)54(52)56(45-34-30-42(31-35-45)39-18-8-4-9-19-39)46-36-32-43(33-37-46)41-28-26-40(27-29-41)38-16-6-3-7-17-38/h3-37H,1-2H3. The maximum atomic E-state index is 2.52. The summed E-state index contributed by atoms with van der Waals surface area (Å²) in [5.41, 5.74) is 18.2. The van der Waals surface area contributed by atoms with Crippen molar-refractivity contribution in [1.82, 2.24) is 0 Å². The monoisotopic (exact) mass is 715 g/mol. The van der Waals surface area contributed by atoms with Crippen LogP contribution in [0.15, 0.2) is 212 Å². The zero-order chi connectivity index (χ0) is 37.6. The first-order chi connectivity index (χ1) is 27.6. The third-order valence-corrected chi connectivity index (χ3v) is 11.7. The smallest absolute Gasteiger partial charge is 0.0628 e. The molecule has 1 heteroatoms. The van der Waals surface area contributed by atoms with Gasteiger partial charge in [0.25, 0.3) is 0 Å². The third kappa shape index (κ3) is 5.63. The summed E-state index contributed by atoms with van der Waals surface area (Å²) in [5.74, 6) is 0. The number of benzene rings is 9. The molecule has 266 valence electrons. The van der Waals surface area contributed by atoms with Crippen LogP contribution in [-0.2, 0) is 5.41 Å². The highest BCUT2D eigenvalue weighted by atomic mass is 15.1. The van der Waals surface area contributed by atoms with Crippen molar-refractivity contribution in [1.29, 1.82) is 0 Å². The molecule has 0 saturated carbocycles. The van der Waals surface area contributed by atoms with Crippen molar-refractivity contribution < 1.29 is 0 Å². The molecule has 10 rings (SSSR count). The van der Waals surface area contributed by atoms with E-state index in [0.29, 0.717) is 0 Å². The lowest BCUT2D eigenvalue weighted by Gasteiger charge is -2.33. The van der Waals surface area contributed by atoms with E-state index in [0.717, 1.165) is 11.4 Å². The largest absolute Gasteiger partial charge is 0.309 e. The second-order valence-electron chi connectivity index (χ2n) is 15.3. The lowest BCUT2D eigenvalue weighted by atomic mass is 9.78. The molecule has 0 atom stereocenters. The average Bonchev–Trinajstić information content (AvgIpc) is 3.51. The van der Waals surface area contributed by atoms with Gasteiger partial charge in [0.15, 0.2) is 0 Å². The van der Waals surface area contributed by atoms with Crippen molar-refractivity contribution in [3.05, 3.63) is 223 Å². The van der Waals surface area contributed by atoms with Crippen LogP contribution < -0.4 is 4.90 Å². The molecule has 1 aliphatic rings. The molecule has 1 aliphatic carbocycles. The van der Waals surface area contributed by atoms with Crippen molar-refractivity contribution in [3.63, 3.8) is 0 Å². The Morgan fingerprint density at radius 2 is 0.696 bits per heavy atom. The highest BCUT2D eigenvalue weighted by molar-refractivity contribution is 6.15. The van der Waals surface area contributed by atoms with Gasteiger partial charge >= 0.3 is 0 Å². The summed E-state index contributed by atoms with van der Waals surface area (Å²) in [5, 5.41) is 2.56. The predicted octanol–water partition coefficient (Wildman–Crippen LogP) is 15.3. The van der Waals surface area contributed by atoms with Crippen molar-refractivity contribution in [3.8, 4) is 55.6 Å². The van der Waals surface area contributed by atoms with E-state index in [-0.39, 0.29) is 5.41 Å². The molecule has 0 unspecified atom stereocenters. The molecule has 9 aromatic carbocycles. The first-order valence-corrected chi connectivity index (χ1v) is 19.5. The molecule has 0 aromatic heterocycles. The quantitative estimate of drug-likeness (QED) is 0.159. The predicted molar refractivity (Wildman–Crippen MR) is 238 cm³/mol. The van der Waals surface area contributed by atoms with Crippen LogP contribution in [-0.4, -0.2) is 0 Å². The van der Waals surface area contributed by atoms with Gasteiger partial charge in [0, 0.05) is 27.9 Å². The van der Waals surface area contributed by atoms with Crippen LogP contribution >= 0.6 is 0 Å². The maximum Gasteiger partial charge on any atom is 0.0628 e. The normalized spacial score (nSPS) is 12.6. The fourth-order valence-electron chi connectivity index (χ4n) is 8.97. The Balaban J connectivity index is 1.22. The Bertz CT molecular complexity index is 2820. The van der Waals surface area contributed by atoms with E-state index < -0.39 is 0 Å². The number of anilines is 3. The van der Waals surface area contributed by atoms with E-state index >= 15 is 0 Å².